The molecule has 17 heavy (non-hydrogen) atoms. The second kappa shape index (κ2) is 4.91. The second-order valence-electron chi connectivity index (χ2n) is 4.36. The van der Waals surface area contributed by atoms with Crippen molar-refractivity contribution in [1.29, 1.82) is 0 Å². The van der Waals surface area contributed by atoms with Gasteiger partial charge in [0, 0.05) is 6.54 Å². The van der Waals surface area contributed by atoms with Crippen molar-refractivity contribution in [2.24, 2.45) is 5.92 Å². The molecule has 0 radical (unpaired) electrons. The van der Waals surface area contributed by atoms with Gasteiger partial charge >= 0.3 is 5.97 Å². The highest BCUT2D eigenvalue weighted by Gasteiger charge is 2.46. The lowest BCUT2D eigenvalue weighted by atomic mass is 10.1. The van der Waals surface area contributed by atoms with Crippen LogP contribution in [0.15, 0.2) is 0 Å². The number of carbonyl (C=O) groups excluding carboxylic acids is 1. The first-order chi connectivity index (χ1) is 8.07. The van der Waals surface area contributed by atoms with Crippen LogP contribution in [0.1, 0.15) is 25.7 Å². The normalized spacial score (nSPS) is 30.6. The highest BCUT2D eigenvalue weighted by molar-refractivity contribution is 7.89. The number of nitrogens with zero attached hydrogens (tertiary/aromatic N) is 1. The predicted molar refractivity (Wildman–Crippen MR) is 59.3 cm³/mol. The minimum atomic E-state index is -3.53. The first-order valence-corrected chi connectivity index (χ1v) is 7.30. The third-order valence-corrected chi connectivity index (χ3v) is 5.53. The quantitative estimate of drug-likeness (QED) is 0.684. The van der Waals surface area contributed by atoms with Gasteiger partial charge in [0.05, 0.1) is 24.9 Å². The fourth-order valence-electron chi connectivity index (χ4n) is 2.48. The zero-order valence-electron chi connectivity index (χ0n) is 9.79. The van der Waals surface area contributed by atoms with Crippen LogP contribution in [0.4, 0.5) is 0 Å². The van der Waals surface area contributed by atoms with Gasteiger partial charge in [0.25, 0.3) is 0 Å². The van der Waals surface area contributed by atoms with Crippen molar-refractivity contribution < 1.29 is 22.8 Å². The summed E-state index contributed by atoms with van der Waals surface area (Å²) in [5.41, 5.74) is 0. The molecule has 1 heterocycles. The third-order valence-electron chi connectivity index (χ3n) is 3.34. The molecule has 1 saturated heterocycles. The second-order valence-corrected chi connectivity index (χ2v) is 6.40. The molecule has 0 aromatic rings. The van der Waals surface area contributed by atoms with E-state index in [4.69, 9.17) is 4.84 Å². The van der Waals surface area contributed by atoms with Crippen molar-refractivity contribution >= 4 is 16.0 Å². The van der Waals surface area contributed by atoms with Gasteiger partial charge in [0.15, 0.2) is 0 Å². The van der Waals surface area contributed by atoms with E-state index in [0.29, 0.717) is 32.4 Å². The van der Waals surface area contributed by atoms with E-state index in [1.54, 1.807) is 0 Å². The Kier molecular flexibility index (Phi) is 3.70. The molecule has 0 bridgehead atoms. The Morgan fingerprint density at radius 2 is 2.12 bits per heavy atom. The smallest absolute Gasteiger partial charge is 0.310 e. The van der Waals surface area contributed by atoms with E-state index in [2.05, 4.69) is 4.74 Å². The maximum absolute atomic E-state index is 12.3. The van der Waals surface area contributed by atoms with E-state index in [9.17, 15) is 13.2 Å². The fraction of sp³-hybridized carbons (Fsp3) is 0.900. The maximum Gasteiger partial charge on any atom is 0.310 e. The summed E-state index contributed by atoms with van der Waals surface area (Å²) in [5.74, 6) is -0.982. The lowest BCUT2D eigenvalue weighted by molar-refractivity contribution is -0.145. The summed E-state index contributed by atoms with van der Waals surface area (Å²) < 4.78 is 30.2. The summed E-state index contributed by atoms with van der Waals surface area (Å²) in [4.78, 5) is 16.6. The molecule has 0 aromatic heterocycles. The number of methoxy groups -OCH3 is 1. The van der Waals surface area contributed by atoms with Gasteiger partial charge in [0.2, 0.25) is 10.0 Å². The van der Waals surface area contributed by atoms with Gasteiger partial charge in [-0.3, -0.25) is 9.63 Å². The van der Waals surface area contributed by atoms with Gasteiger partial charge in [-0.15, -0.1) is 0 Å². The summed E-state index contributed by atoms with van der Waals surface area (Å²) >= 11 is 0. The van der Waals surface area contributed by atoms with E-state index >= 15 is 0 Å². The molecule has 0 aromatic carbocycles. The Balaban J connectivity index is 2.17. The highest BCUT2D eigenvalue weighted by Crippen LogP contribution is 2.34. The topological polar surface area (TPSA) is 72.9 Å². The maximum atomic E-state index is 12.3. The molecule has 7 heteroatoms. The average Bonchev–Trinajstić information content (AvgIpc) is 2.98. The molecule has 1 aliphatic heterocycles. The van der Waals surface area contributed by atoms with Crippen LogP contribution in [0.25, 0.3) is 0 Å². The number of ether oxygens (including phenoxy) is 1. The number of esters is 1. The lowest BCUT2D eigenvalue weighted by Gasteiger charge is -2.22. The van der Waals surface area contributed by atoms with Crippen molar-refractivity contribution in [2.45, 2.75) is 30.9 Å². The van der Waals surface area contributed by atoms with Gasteiger partial charge in [-0.1, -0.05) is 10.9 Å². The summed E-state index contributed by atoms with van der Waals surface area (Å²) in [6.07, 6.45) is 2.51. The Bertz CT molecular complexity index is 388. The van der Waals surface area contributed by atoms with E-state index in [1.807, 2.05) is 0 Å². The van der Waals surface area contributed by atoms with Gasteiger partial charge < -0.3 is 4.74 Å². The Morgan fingerprint density at radius 1 is 1.35 bits per heavy atom. The SMILES string of the molecule is COC(=O)C1CCCC1S(=O)(=O)N1CCCO1. The molecule has 2 rings (SSSR count). The Labute approximate surface area is 101 Å². The third kappa shape index (κ3) is 2.31. The number of carbonyl (C=O) groups is 1. The molecular formula is C10H17NO5S. The van der Waals surface area contributed by atoms with Crippen molar-refractivity contribution in [3.63, 3.8) is 0 Å². The first-order valence-electron chi connectivity index (χ1n) is 5.79. The summed E-state index contributed by atoms with van der Waals surface area (Å²) in [5, 5.41) is -0.687. The molecule has 2 aliphatic rings. The van der Waals surface area contributed by atoms with Crippen molar-refractivity contribution in [2.75, 3.05) is 20.3 Å². The number of hydrogen-bond acceptors (Lipinski definition) is 5. The Morgan fingerprint density at radius 3 is 2.71 bits per heavy atom. The van der Waals surface area contributed by atoms with Gasteiger partial charge in [0.1, 0.15) is 0 Å². The number of rotatable bonds is 3. The van der Waals surface area contributed by atoms with Crippen LogP contribution in [0, 0.1) is 5.92 Å². The number of sulfonamides is 1. The molecule has 2 unspecified atom stereocenters. The Hall–Kier alpha value is -0.660. The molecule has 1 saturated carbocycles. The van der Waals surface area contributed by atoms with Crippen LogP contribution >= 0.6 is 0 Å². The minimum Gasteiger partial charge on any atom is -0.469 e. The van der Waals surface area contributed by atoms with E-state index in [1.165, 1.54) is 7.11 Å². The molecule has 2 fully saturated rings. The summed E-state index contributed by atoms with van der Waals surface area (Å²) in [6.45, 7) is 0.807. The molecule has 0 spiro atoms. The largest absolute Gasteiger partial charge is 0.469 e. The fourth-order valence-corrected chi connectivity index (χ4v) is 4.51. The van der Waals surface area contributed by atoms with Gasteiger partial charge in [-0.05, 0) is 19.3 Å². The van der Waals surface area contributed by atoms with Crippen molar-refractivity contribution in [1.82, 2.24) is 4.47 Å². The molecule has 98 valence electrons. The van der Waals surface area contributed by atoms with Crippen LogP contribution in [0.5, 0.6) is 0 Å². The number of hydroxylamine groups is 1. The number of hydrogen-bond donors (Lipinski definition) is 0. The zero-order valence-corrected chi connectivity index (χ0v) is 10.6. The monoisotopic (exact) mass is 263 g/mol. The van der Waals surface area contributed by atoms with Gasteiger partial charge in [-0.25, -0.2) is 8.42 Å². The first kappa shape index (κ1) is 12.8. The average molecular weight is 263 g/mol. The van der Waals surface area contributed by atoms with E-state index < -0.39 is 27.2 Å². The molecule has 1 aliphatic carbocycles. The minimum absolute atomic E-state index is 0.382. The molecular weight excluding hydrogens is 246 g/mol. The van der Waals surface area contributed by atoms with Crippen LogP contribution in [0.3, 0.4) is 0 Å². The molecule has 0 amide bonds. The molecule has 0 N–H and O–H groups in total. The lowest BCUT2D eigenvalue weighted by Crippen LogP contribution is -2.40. The molecule has 6 nitrogen and oxygen atoms in total. The van der Waals surface area contributed by atoms with Crippen molar-refractivity contribution in [3.05, 3.63) is 0 Å². The van der Waals surface area contributed by atoms with Crippen LogP contribution in [-0.2, 0) is 24.4 Å². The van der Waals surface area contributed by atoms with Crippen LogP contribution in [-0.4, -0.2) is 44.4 Å². The standard InChI is InChI=1S/C10H17NO5S/c1-15-10(12)8-4-2-5-9(8)17(13,14)11-6-3-7-16-11/h8-9H,2-7H2,1H3. The highest BCUT2D eigenvalue weighted by atomic mass is 32.2. The van der Waals surface area contributed by atoms with Crippen LogP contribution in [0.2, 0.25) is 0 Å². The zero-order chi connectivity index (χ0) is 12.5. The summed E-state index contributed by atoms with van der Waals surface area (Å²) in [6, 6.07) is 0. The summed E-state index contributed by atoms with van der Waals surface area (Å²) in [7, 11) is -2.24. The predicted octanol–water partition coefficient (Wildman–Crippen LogP) is 0.295. The van der Waals surface area contributed by atoms with Crippen LogP contribution < -0.4 is 0 Å². The molecule has 2 atom stereocenters. The van der Waals surface area contributed by atoms with Gasteiger partial charge in [-0.2, -0.15) is 0 Å². The van der Waals surface area contributed by atoms with Crippen molar-refractivity contribution in [3.8, 4) is 0 Å². The van der Waals surface area contributed by atoms with E-state index in [0.717, 1.165) is 10.9 Å². The van der Waals surface area contributed by atoms with E-state index in [-0.39, 0.29) is 0 Å².